The highest BCUT2D eigenvalue weighted by Gasteiger charge is 2.49. The lowest BCUT2D eigenvalue weighted by Crippen LogP contribution is -2.66. The minimum absolute atomic E-state index is 0.192. The third-order valence-corrected chi connectivity index (χ3v) is 6.72. The zero-order chi connectivity index (χ0) is 23.0. The SMILES string of the molecule is O=C(NCc1cccnc1N1CC2(COC2)C1)c1cnnc(-c2ccc(OCC3CC3)cc2)c1. The van der Waals surface area contributed by atoms with Crippen LogP contribution in [0.1, 0.15) is 28.8 Å². The van der Waals surface area contributed by atoms with Crippen molar-refractivity contribution < 1.29 is 14.3 Å². The molecule has 1 spiro atoms. The third-order valence-electron chi connectivity index (χ3n) is 6.72. The van der Waals surface area contributed by atoms with Crippen molar-refractivity contribution >= 4 is 11.7 Å². The van der Waals surface area contributed by atoms with E-state index in [1.807, 2.05) is 36.4 Å². The minimum Gasteiger partial charge on any atom is -0.493 e. The van der Waals surface area contributed by atoms with Crippen LogP contribution in [0.5, 0.6) is 5.75 Å². The third kappa shape index (κ3) is 4.33. The highest BCUT2D eigenvalue weighted by Crippen LogP contribution is 2.40. The standard InChI is InChI=1S/C26H27N5O3/c32-25(28-11-20-2-1-9-27-24(20)31-14-26(15-31)16-33-17-26)21-10-23(30-29-12-21)19-5-7-22(8-6-19)34-13-18-3-4-18/h1-2,5-10,12,18H,3-4,11,13-17H2,(H,28,32). The van der Waals surface area contributed by atoms with Gasteiger partial charge in [-0.05, 0) is 55.2 Å². The van der Waals surface area contributed by atoms with Crippen LogP contribution in [0.4, 0.5) is 5.82 Å². The number of rotatable bonds is 8. The number of carbonyl (C=O) groups is 1. The largest absolute Gasteiger partial charge is 0.493 e. The smallest absolute Gasteiger partial charge is 0.253 e. The molecule has 2 aromatic heterocycles. The number of pyridine rings is 1. The number of carbonyl (C=O) groups excluding carboxylic acids is 1. The van der Waals surface area contributed by atoms with Gasteiger partial charge in [-0.1, -0.05) is 6.07 Å². The van der Waals surface area contributed by atoms with Gasteiger partial charge in [0.25, 0.3) is 5.91 Å². The quantitative estimate of drug-likeness (QED) is 0.556. The maximum absolute atomic E-state index is 12.9. The first-order valence-electron chi connectivity index (χ1n) is 11.8. The van der Waals surface area contributed by atoms with Gasteiger partial charge < -0.3 is 19.7 Å². The van der Waals surface area contributed by atoms with Crippen molar-refractivity contribution in [1.82, 2.24) is 20.5 Å². The second-order valence-electron chi connectivity index (χ2n) is 9.63. The lowest BCUT2D eigenvalue weighted by molar-refractivity contribution is -0.127. The predicted octanol–water partition coefficient (Wildman–Crippen LogP) is 3.09. The Morgan fingerprint density at radius 1 is 1.18 bits per heavy atom. The van der Waals surface area contributed by atoms with Gasteiger partial charge in [-0.15, -0.1) is 0 Å². The average Bonchev–Trinajstić information content (AvgIpc) is 3.65. The monoisotopic (exact) mass is 457 g/mol. The summed E-state index contributed by atoms with van der Waals surface area (Å²) in [6.45, 7) is 4.74. The molecule has 2 saturated heterocycles. The summed E-state index contributed by atoms with van der Waals surface area (Å²) < 4.78 is 11.2. The van der Waals surface area contributed by atoms with Crippen molar-refractivity contribution in [2.45, 2.75) is 19.4 Å². The van der Waals surface area contributed by atoms with E-state index >= 15 is 0 Å². The van der Waals surface area contributed by atoms with Crippen LogP contribution in [0.15, 0.2) is 54.9 Å². The molecule has 8 nitrogen and oxygen atoms in total. The van der Waals surface area contributed by atoms with Crippen molar-refractivity contribution in [3.63, 3.8) is 0 Å². The first-order valence-corrected chi connectivity index (χ1v) is 11.8. The van der Waals surface area contributed by atoms with Crippen LogP contribution in [0.3, 0.4) is 0 Å². The van der Waals surface area contributed by atoms with Crippen molar-refractivity contribution in [2.75, 3.05) is 37.8 Å². The second-order valence-corrected chi connectivity index (χ2v) is 9.63. The number of aromatic nitrogens is 3. The fourth-order valence-corrected chi connectivity index (χ4v) is 4.47. The molecule has 1 N–H and O–H groups in total. The summed E-state index contributed by atoms with van der Waals surface area (Å²) in [7, 11) is 0. The Morgan fingerprint density at radius 3 is 2.74 bits per heavy atom. The van der Waals surface area contributed by atoms with E-state index in [0.29, 0.717) is 29.1 Å². The van der Waals surface area contributed by atoms with E-state index < -0.39 is 0 Å². The summed E-state index contributed by atoms with van der Waals surface area (Å²) in [6.07, 6.45) is 5.81. The van der Waals surface area contributed by atoms with Gasteiger partial charge in [0.2, 0.25) is 0 Å². The summed E-state index contributed by atoms with van der Waals surface area (Å²) in [5.41, 5.74) is 3.31. The molecule has 1 aromatic carbocycles. The zero-order valence-corrected chi connectivity index (χ0v) is 18.9. The molecule has 34 heavy (non-hydrogen) atoms. The molecule has 1 amide bonds. The maximum Gasteiger partial charge on any atom is 0.253 e. The highest BCUT2D eigenvalue weighted by molar-refractivity contribution is 5.94. The van der Waals surface area contributed by atoms with Crippen LogP contribution in [-0.4, -0.2) is 54.0 Å². The van der Waals surface area contributed by atoms with Gasteiger partial charge in [-0.2, -0.15) is 10.2 Å². The van der Waals surface area contributed by atoms with Crippen molar-refractivity contribution in [3.05, 3.63) is 66.0 Å². The van der Waals surface area contributed by atoms with Crippen molar-refractivity contribution in [3.8, 4) is 17.0 Å². The van der Waals surface area contributed by atoms with Crippen LogP contribution in [0, 0.1) is 11.3 Å². The Labute approximate surface area is 198 Å². The molecule has 3 aliphatic rings. The van der Waals surface area contributed by atoms with Crippen LogP contribution in [0.25, 0.3) is 11.3 Å². The molecule has 3 fully saturated rings. The molecule has 2 aliphatic heterocycles. The molecule has 6 rings (SSSR count). The lowest BCUT2D eigenvalue weighted by Gasteiger charge is -2.55. The molecule has 174 valence electrons. The van der Waals surface area contributed by atoms with Crippen molar-refractivity contribution in [1.29, 1.82) is 0 Å². The Bertz CT molecular complexity index is 1180. The Kier molecular flexibility index (Phi) is 5.37. The normalized spacial score (nSPS) is 18.2. The molecular weight excluding hydrogens is 430 g/mol. The van der Waals surface area contributed by atoms with Gasteiger partial charge in [0.15, 0.2) is 0 Å². The second kappa shape index (κ2) is 8.68. The maximum atomic E-state index is 12.9. The number of ether oxygens (including phenoxy) is 2. The summed E-state index contributed by atoms with van der Waals surface area (Å²) in [5, 5.41) is 11.3. The van der Waals surface area contributed by atoms with Crippen molar-refractivity contribution in [2.24, 2.45) is 11.3 Å². The number of hydrogen-bond donors (Lipinski definition) is 1. The number of hydrogen-bond acceptors (Lipinski definition) is 7. The van der Waals surface area contributed by atoms with E-state index in [0.717, 1.165) is 55.6 Å². The van der Waals surface area contributed by atoms with Crippen LogP contribution >= 0.6 is 0 Å². The van der Waals surface area contributed by atoms with E-state index in [9.17, 15) is 4.79 Å². The predicted molar refractivity (Wildman–Crippen MR) is 127 cm³/mol. The number of nitrogens with one attached hydrogen (secondary N) is 1. The molecular formula is C26H27N5O3. The van der Waals surface area contributed by atoms with Gasteiger partial charge in [-0.3, -0.25) is 4.79 Å². The van der Waals surface area contributed by atoms with Gasteiger partial charge in [0, 0.05) is 37.0 Å². The van der Waals surface area contributed by atoms with E-state index in [1.165, 1.54) is 19.0 Å². The van der Waals surface area contributed by atoms with Gasteiger partial charge >= 0.3 is 0 Å². The van der Waals surface area contributed by atoms with E-state index in [2.05, 4.69) is 25.4 Å². The average molecular weight is 458 g/mol. The Morgan fingerprint density at radius 2 is 2.00 bits per heavy atom. The highest BCUT2D eigenvalue weighted by atomic mass is 16.5. The number of nitrogens with zero attached hydrogens (tertiary/aromatic N) is 4. The molecule has 0 atom stereocenters. The first kappa shape index (κ1) is 21.0. The van der Waals surface area contributed by atoms with E-state index in [4.69, 9.17) is 9.47 Å². The first-order chi connectivity index (χ1) is 16.7. The van der Waals surface area contributed by atoms with Gasteiger partial charge in [0.1, 0.15) is 11.6 Å². The topological polar surface area (TPSA) is 89.5 Å². The fraction of sp³-hybridized carbons (Fsp3) is 0.385. The van der Waals surface area contributed by atoms with Crippen LogP contribution < -0.4 is 15.0 Å². The summed E-state index contributed by atoms with van der Waals surface area (Å²) in [4.78, 5) is 19.7. The molecule has 0 unspecified atom stereocenters. The molecule has 8 heteroatoms. The number of anilines is 1. The van der Waals surface area contributed by atoms with Crippen LogP contribution in [0.2, 0.25) is 0 Å². The summed E-state index contributed by atoms with van der Waals surface area (Å²) in [5.74, 6) is 2.30. The molecule has 0 radical (unpaired) electrons. The molecule has 1 saturated carbocycles. The summed E-state index contributed by atoms with van der Waals surface area (Å²) in [6, 6.07) is 13.4. The zero-order valence-electron chi connectivity index (χ0n) is 18.9. The van der Waals surface area contributed by atoms with E-state index in [1.54, 1.807) is 12.3 Å². The fourth-order valence-electron chi connectivity index (χ4n) is 4.47. The van der Waals surface area contributed by atoms with Gasteiger partial charge in [-0.25, -0.2) is 4.98 Å². The molecule has 1 aliphatic carbocycles. The lowest BCUT2D eigenvalue weighted by atomic mass is 9.78. The van der Waals surface area contributed by atoms with Gasteiger partial charge in [0.05, 0.1) is 42.7 Å². The number of amides is 1. The minimum atomic E-state index is -0.192. The molecule has 3 aromatic rings. The Balaban J connectivity index is 1.09. The summed E-state index contributed by atoms with van der Waals surface area (Å²) >= 11 is 0. The number of benzene rings is 1. The molecule has 0 bridgehead atoms. The molecule has 4 heterocycles. The Hall–Kier alpha value is -3.52. The van der Waals surface area contributed by atoms with E-state index in [-0.39, 0.29) is 5.91 Å². The van der Waals surface area contributed by atoms with Crippen LogP contribution in [-0.2, 0) is 11.3 Å².